The van der Waals surface area contributed by atoms with Gasteiger partial charge in [-0.2, -0.15) is 0 Å². The highest BCUT2D eigenvalue weighted by atomic mass is 14.6. The molecular formula is C17H29N. The first-order chi connectivity index (χ1) is 8.84. The Labute approximate surface area is 113 Å². The van der Waals surface area contributed by atoms with Crippen LogP contribution in [0.25, 0.3) is 0 Å². The van der Waals surface area contributed by atoms with Crippen molar-refractivity contribution in [2.45, 2.75) is 77.6 Å². The predicted octanol–water partition coefficient (Wildman–Crippen LogP) is 5.72. The van der Waals surface area contributed by atoms with Crippen molar-refractivity contribution >= 4 is 0 Å². The summed E-state index contributed by atoms with van der Waals surface area (Å²) in [6.45, 7) is 4.61. The summed E-state index contributed by atoms with van der Waals surface area (Å²) in [4.78, 5) is 4.07. The number of hydrogen-bond donors (Lipinski definition) is 0. The van der Waals surface area contributed by atoms with Crippen molar-refractivity contribution in [2.75, 3.05) is 0 Å². The summed E-state index contributed by atoms with van der Waals surface area (Å²) < 4.78 is 0. The summed E-state index contributed by atoms with van der Waals surface area (Å²) >= 11 is 0. The zero-order valence-electron chi connectivity index (χ0n) is 12.2. The second-order valence-electron chi connectivity index (χ2n) is 5.45. The molecule has 0 aliphatic rings. The van der Waals surface area contributed by atoms with Crippen molar-refractivity contribution in [3.05, 3.63) is 30.1 Å². The maximum Gasteiger partial charge on any atom is 0.0270 e. The van der Waals surface area contributed by atoms with Gasteiger partial charge in [0.2, 0.25) is 0 Å². The molecule has 18 heavy (non-hydrogen) atoms. The van der Waals surface area contributed by atoms with Gasteiger partial charge in [-0.05, 0) is 30.0 Å². The normalized spacial score (nSPS) is 12.6. The average molecular weight is 247 g/mol. The van der Waals surface area contributed by atoms with Crippen LogP contribution in [0.2, 0.25) is 0 Å². The Bertz CT molecular complexity index is 281. The Hall–Kier alpha value is -0.850. The third kappa shape index (κ3) is 6.78. The van der Waals surface area contributed by atoms with Crippen LogP contribution in [0.4, 0.5) is 0 Å². The van der Waals surface area contributed by atoms with Crippen LogP contribution in [0.5, 0.6) is 0 Å². The third-order valence-electron chi connectivity index (χ3n) is 3.77. The van der Waals surface area contributed by atoms with Crippen molar-refractivity contribution in [3.8, 4) is 0 Å². The maximum atomic E-state index is 4.07. The van der Waals surface area contributed by atoms with Crippen LogP contribution in [0.1, 0.15) is 83.1 Å². The minimum Gasteiger partial charge on any atom is -0.265 e. The summed E-state index contributed by atoms with van der Waals surface area (Å²) in [7, 11) is 0. The smallest absolute Gasteiger partial charge is 0.0270 e. The van der Waals surface area contributed by atoms with Gasteiger partial charge in [-0.25, -0.2) is 0 Å². The first-order valence-corrected chi connectivity index (χ1v) is 7.74. The second kappa shape index (κ2) is 10.1. The van der Waals surface area contributed by atoms with Gasteiger partial charge in [-0.3, -0.25) is 4.98 Å². The number of nitrogens with zero attached hydrogens (tertiary/aromatic N) is 1. The van der Waals surface area contributed by atoms with E-state index in [9.17, 15) is 0 Å². The van der Waals surface area contributed by atoms with Gasteiger partial charge >= 0.3 is 0 Å². The molecule has 1 atom stereocenters. The molecule has 0 saturated carbocycles. The molecule has 0 amide bonds. The Morgan fingerprint density at radius 2 is 1.44 bits per heavy atom. The molecule has 1 unspecified atom stereocenters. The maximum absolute atomic E-state index is 4.07. The largest absolute Gasteiger partial charge is 0.265 e. The lowest BCUT2D eigenvalue weighted by atomic mass is 9.95. The second-order valence-corrected chi connectivity index (χ2v) is 5.45. The van der Waals surface area contributed by atoms with Gasteiger partial charge in [-0.1, -0.05) is 65.2 Å². The summed E-state index contributed by atoms with van der Waals surface area (Å²) in [6.07, 6.45) is 16.4. The van der Waals surface area contributed by atoms with Crippen molar-refractivity contribution in [1.82, 2.24) is 4.98 Å². The lowest BCUT2D eigenvalue weighted by Crippen LogP contribution is -1.93. The summed E-state index contributed by atoms with van der Waals surface area (Å²) in [6, 6.07) is 4.30. The fourth-order valence-electron chi connectivity index (χ4n) is 2.44. The Morgan fingerprint density at radius 1 is 0.889 bits per heavy atom. The highest BCUT2D eigenvalue weighted by Gasteiger charge is 2.04. The van der Waals surface area contributed by atoms with Gasteiger partial charge in [0.15, 0.2) is 0 Å². The Balaban J connectivity index is 1.98. The lowest BCUT2D eigenvalue weighted by molar-refractivity contribution is 0.543. The van der Waals surface area contributed by atoms with Crippen LogP contribution in [-0.2, 0) is 0 Å². The van der Waals surface area contributed by atoms with E-state index in [1.165, 1.54) is 63.4 Å². The number of rotatable bonds is 10. The first-order valence-electron chi connectivity index (χ1n) is 7.74. The molecule has 0 aromatic carbocycles. The van der Waals surface area contributed by atoms with E-state index in [1.54, 1.807) is 0 Å². The number of aromatic nitrogens is 1. The van der Waals surface area contributed by atoms with E-state index in [4.69, 9.17) is 0 Å². The Morgan fingerprint density at radius 3 is 2.06 bits per heavy atom. The van der Waals surface area contributed by atoms with Crippen molar-refractivity contribution < 1.29 is 0 Å². The molecule has 0 aliphatic heterocycles. The number of unbranched alkanes of at least 4 members (excludes halogenated alkanes) is 7. The molecule has 0 radical (unpaired) electrons. The quantitative estimate of drug-likeness (QED) is 0.482. The van der Waals surface area contributed by atoms with Crippen LogP contribution in [0.15, 0.2) is 24.5 Å². The van der Waals surface area contributed by atoms with Gasteiger partial charge in [0.1, 0.15) is 0 Å². The first kappa shape index (κ1) is 15.2. The van der Waals surface area contributed by atoms with Gasteiger partial charge in [0.05, 0.1) is 0 Å². The highest BCUT2D eigenvalue weighted by Crippen LogP contribution is 2.21. The standard InChI is InChI=1S/C17H29N/c1-3-4-5-6-7-8-9-10-11-16(2)17-12-14-18-15-13-17/h12-16H,3-11H2,1-2H3. The summed E-state index contributed by atoms with van der Waals surface area (Å²) in [5.41, 5.74) is 1.44. The zero-order chi connectivity index (χ0) is 13.1. The van der Waals surface area contributed by atoms with E-state index in [0.717, 1.165) is 0 Å². The molecule has 1 aromatic rings. The third-order valence-corrected chi connectivity index (χ3v) is 3.77. The van der Waals surface area contributed by atoms with E-state index >= 15 is 0 Å². The topological polar surface area (TPSA) is 12.9 Å². The minimum absolute atomic E-state index is 0.688. The lowest BCUT2D eigenvalue weighted by Gasteiger charge is -2.11. The Kier molecular flexibility index (Phi) is 8.54. The zero-order valence-corrected chi connectivity index (χ0v) is 12.2. The SMILES string of the molecule is CCCCCCCCCCC(C)c1ccncc1. The van der Waals surface area contributed by atoms with Gasteiger partial charge in [-0.15, -0.1) is 0 Å². The van der Waals surface area contributed by atoms with Crippen LogP contribution in [0, 0.1) is 0 Å². The van der Waals surface area contributed by atoms with Crippen LogP contribution < -0.4 is 0 Å². The molecular weight excluding hydrogens is 218 g/mol. The molecule has 102 valence electrons. The molecule has 1 rings (SSSR count). The highest BCUT2D eigenvalue weighted by molar-refractivity contribution is 5.14. The monoisotopic (exact) mass is 247 g/mol. The molecule has 1 heteroatoms. The molecule has 0 aliphatic carbocycles. The van der Waals surface area contributed by atoms with Gasteiger partial charge in [0.25, 0.3) is 0 Å². The fraction of sp³-hybridized carbons (Fsp3) is 0.706. The van der Waals surface area contributed by atoms with Gasteiger partial charge < -0.3 is 0 Å². The molecule has 1 nitrogen and oxygen atoms in total. The van der Waals surface area contributed by atoms with E-state index < -0.39 is 0 Å². The molecule has 0 bridgehead atoms. The summed E-state index contributed by atoms with van der Waals surface area (Å²) in [5, 5.41) is 0. The van der Waals surface area contributed by atoms with Crippen LogP contribution in [-0.4, -0.2) is 4.98 Å². The molecule has 1 aromatic heterocycles. The fourth-order valence-corrected chi connectivity index (χ4v) is 2.44. The minimum atomic E-state index is 0.688. The molecule has 0 spiro atoms. The van der Waals surface area contributed by atoms with E-state index in [1.807, 2.05) is 12.4 Å². The molecule has 0 N–H and O–H groups in total. The summed E-state index contributed by atoms with van der Waals surface area (Å²) in [5.74, 6) is 0.688. The molecule has 1 heterocycles. The predicted molar refractivity (Wildman–Crippen MR) is 79.9 cm³/mol. The molecule has 0 saturated heterocycles. The van der Waals surface area contributed by atoms with Crippen molar-refractivity contribution in [3.63, 3.8) is 0 Å². The van der Waals surface area contributed by atoms with Crippen molar-refractivity contribution in [2.24, 2.45) is 0 Å². The van der Waals surface area contributed by atoms with Crippen molar-refractivity contribution in [1.29, 1.82) is 0 Å². The van der Waals surface area contributed by atoms with E-state index in [2.05, 4.69) is 31.0 Å². The number of hydrogen-bond acceptors (Lipinski definition) is 1. The average Bonchev–Trinajstić information content (AvgIpc) is 2.42. The van der Waals surface area contributed by atoms with E-state index in [-0.39, 0.29) is 0 Å². The van der Waals surface area contributed by atoms with E-state index in [0.29, 0.717) is 5.92 Å². The molecule has 0 fully saturated rings. The van der Waals surface area contributed by atoms with Crippen LogP contribution in [0.3, 0.4) is 0 Å². The van der Waals surface area contributed by atoms with Crippen LogP contribution >= 0.6 is 0 Å². The number of pyridine rings is 1. The van der Waals surface area contributed by atoms with Gasteiger partial charge in [0, 0.05) is 12.4 Å².